The van der Waals surface area contributed by atoms with Crippen LogP contribution in [0.25, 0.3) is 0 Å². The molecular weight excluding hydrogens is 212 g/mol. The molecule has 0 saturated heterocycles. The van der Waals surface area contributed by atoms with Gasteiger partial charge in [0.25, 0.3) is 5.69 Å². The Hall–Kier alpha value is -2.33. The van der Waals surface area contributed by atoms with Crippen molar-refractivity contribution in [3.05, 3.63) is 22.2 Å². The first-order valence-corrected chi connectivity index (χ1v) is 4.32. The van der Waals surface area contributed by atoms with Crippen molar-refractivity contribution in [3.8, 4) is 18.2 Å². The van der Waals surface area contributed by atoms with E-state index in [1.54, 1.807) is 6.92 Å². The Kier molecular flexibility index (Phi) is 3.63. The topological polar surface area (TPSA) is 103 Å². The summed E-state index contributed by atoms with van der Waals surface area (Å²) in [6.07, 6.45) is 4.58. The number of hydrogen-bond donors (Lipinski definition) is 2. The molecule has 0 aromatic carbocycles. The van der Waals surface area contributed by atoms with E-state index in [9.17, 15) is 10.1 Å². The number of aromatic nitrogens is 1. The van der Waals surface area contributed by atoms with Crippen molar-refractivity contribution < 1.29 is 9.66 Å². The van der Waals surface area contributed by atoms with Gasteiger partial charge in [-0.25, -0.2) is 5.84 Å². The second kappa shape index (κ2) is 4.95. The fourth-order valence-electron chi connectivity index (χ4n) is 0.946. The van der Waals surface area contributed by atoms with Gasteiger partial charge in [-0.3, -0.25) is 10.1 Å². The maximum Gasteiger partial charge on any atom is 0.278 e. The van der Waals surface area contributed by atoms with Gasteiger partial charge >= 0.3 is 0 Å². The zero-order valence-corrected chi connectivity index (χ0v) is 8.51. The van der Waals surface area contributed by atoms with Crippen LogP contribution >= 0.6 is 0 Å². The van der Waals surface area contributed by atoms with Crippen LogP contribution in [-0.2, 0) is 0 Å². The molecule has 0 fully saturated rings. The van der Waals surface area contributed by atoms with Crippen molar-refractivity contribution in [1.29, 1.82) is 0 Å². The third-order valence-electron chi connectivity index (χ3n) is 1.68. The maximum atomic E-state index is 10.6. The largest absolute Gasteiger partial charge is 0.461 e. The Morgan fingerprint density at radius 2 is 2.44 bits per heavy atom. The molecule has 7 nitrogen and oxygen atoms in total. The molecule has 16 heavy (non-hydrogen) atoms. The highest BCUT2D eigenvalue weighted by Gasteiger charge is 2.12. The van der Waals surface area contributed by atoms with Gasteiger partial charge in [-0.05, 0) is 6.92 Å². The molecule has 0 radical (unpaired) electrons. The Morgan fingerprint density at radius 3 is 2.94 bits per heavy atom. The van der Waals surface area contributed by atoms with Gasteiger partial charge < -0.3 is 10.2 Å². The highest BCUT2D eigenvalue weighted by atomic mass is 16.6. The Labute approximate surface area is 91.7 Å². The molecule has 0 spiro atoms. The lowest BCUT2D eigenvalue weighted by atomic mass is 10.4. The van der Waals surface area contributed by atoms with Crippen LogP contribution in [0.4, 0.5) is 11.5 Å². The molecule has 1 unspecified atom stereocenters. The minimum absolute atomic E-state index is 0.0487. The Morgan fingerprint density at radius 1 is 1.75 bits per heavy atom. The van der Waals surface area contributed by atoms with E-state index in [0.717, 1.165) is 0 Å². The van der Waals surface area contributed by atoms with Gasteiger partial charge in [0.05, 0.1) is 17.1 Å². The van der Waals surface area contributed by atoms with Crippen LogP contribution in [0.3, 0.4) is 0 Å². The third-order valence-corrected chi connectivity index (χ3v) is 1.68. The molecule has 0 aliphatic heterocycles. The zero-order valence-electron chi connectivity index (χ0n) is 8.51. The molecule has 0 saturated carbocycles. The van der Waals surface area contributed by atoms with E-state index < -0.39 is 11.0 Å². The summed E-state index contributed by atoms with van der Waals surface area (Å²) in [5.74, 6) is 7.62. The number of pyridine rings is 1. The number of ether oxygens (including phenoxy) is 1. The number of terminal acetylenes is 1. The second-order valence-corrected chi connectivity index (χ2v) is 2.88. The predicted molar refractivity (Wildman–Crippen MR) is 57.6 cm³/mol. The van der Waals surface area contributed by atoms with Crippen molar-refractivity contribution in [1.82, 2.24) is 4.98 Å². The molecule has 0 aliphatic rings. The van der Waals surface area contributed by atoms with Crippen LogP contribution in [0.1, 0.15) is 6.92 Å². The van der Waals surface area contributed by atoms with E-state index in [1.807, 2.05) is 0 Å². The maximum absolute atomic E-state index is 10.6. The smallest absolute Gasteiger partial charge is 0.278 e. The number of hydrogen-bond acceptors (Lipinski definition) is 6. The lowest BCUT2D eigenvalue weighted by molar-refractivity contribution is -0.384. The summed E-state index contributed by atoms with van der Waals surface area (Å²) >= 11 is 0. The summed E-state index contributed by atoms with van der Waals surface area (Å²) < 4.78 is 5.15. The minimum atomic E-state index is -0.573. The van der Waals surface area contributed by atoms with Gasteiger partial charge in [0, 0.05) is 0 Å². The summed E-state index contributed by atoms with van der Waals surface area (Å²) in [6.45, 7) is 1.62. The molecular formula is C9H10N4O3. The van der Waals surface area contributed by atoms with Crippen molar-refractivity contribution in [3.63, 3.8) is 0 Å². The predicted octanol–water partition coefficient (Wildman–Crippen LogP) is 0.676. The van der Waals surface area contributed by atoms with E-state index in [4.69, 9.17) is 17.0 Å². The molecule has 1 aromatic heterocycles. The van der Waals surface area contributed by atoms with E-state index in [1.165, 1.54) is 12.1 Å². The molecule has 84 valence electrons. The standard InChI is InChI=1S/C9H10N4O3/c1-3-6(2)16-9-5-7(13(14)15)4-8(11-9)12-10/h1,4-6H,10H2,2H3,(H,11,12). The van der Waals surface area contributed by atoms with Gasteiger partial charge in [0.15, 0.2) is 11.9 Å². The average molecular weight is 222 g/mol. The molecule has 0 aliphatic carbocycles. The Bertz CT molecular complexity index is 441. The monoisotopic (exact) mass is 222 g/mol. The molecule has 1 aromatic rings. The van der Waals surface area contributed by atoms with Gasteiger partial charge in [0.1, 0.15) is 0 Å². The minimum Gasteiger partial charge on any atom is -0.461 e. The van der Waals surface area contributed by atoms with Crippen molar-refractivity contribution in [2.75, 3.05) is 5.43 Å². The van der Waals surface area contributed by atoms with E-state index >= 15 is 0 Å². The van der Waals surface area contributed by atoms with Crippen LogP contribution in [0.2, 0.25) is 0 Å². The van der Waals surface area contributed by atoms with Crippen LogP contribution in [0, 0.1) is 22.5 Å². The first-order chi connectivity index (χ1) is 7.56. The summed E-state index contributed by atoms with van der Waals surface area (Å²) in [7, 11) is 0. The molecule has 0 bridgehead atoms. The van der Waals surface area contributed by atoms with E-state index in [0.29, 0.717) is 0 Å². The quantitative estimate of drug-likeness (QED) is 0.336. The molecule has 1 heterocycles. The van der Waals surface area contributed by atoms with Crippen molar-refractivity contribution in [2.45, 2.75) is 13.0 Å². The number of nitrogens with two attached hydrogens (primary N) is 1. The highest BCUT2D eigenvalue weighted by molar-refractivity contribution is 5.47. The average Bonchev–Trinajstić information content (AvgIpc) is 2.28. The normalized spacial score (nSPS) is 11.3. The van der Waals surface area contributed by atoms with E-state index in [2.05, 4.69) is 16.3 Å². The van der Waals surface area contributed by atoms with Crippen LogP contribution < -0.4 is 16.0 Å². The van der Waals surface area contributed by atoms with Gasteiger partial charge in [-0.2, -0.15) is 4.98 Å². The van der Waals surface area contributed by atoms with Crippen molar-refractivity contribution in [2.24, 2.45) is 5.84 Å². The number of hydrazine groups is 1. The van der Waals surface area contributed by atoms with Crippen LogP contribution in [-0.4, -0.2) is 16.0 Å². The number of nitrogen functional groups attached to an aromatic ring is 1. The zero-order chi connectivity index (χ0) is 12.1. The van der Waals surface area contributed by atoms with Gasteiger partial charge in [0.2, 0.25) is 5.88 Å². The fraction of sp³-hybridized carbons (Fsp3) is 0.222. The first-order valence-electron chi connectivity index (χ1n) is 4.32. The summed E-state index contributed by atoms with van der Waals surface area (Å²) in [6, 6.07) is 2.36. The molecule has 1 rings (SSSR count). The molecule has 7 heteroatoms. The number of rotatable bonds is 4. The van der Waals surface area contributed by atoms with Crippen LogP contribution in [0.15, 0.2) is 12.1 Å². The molecule has 3 N–H and O–H groups in total. The first kappa shape index (κ1) is 11.7. The van der Waals surface area contributed by atoms with Crippen molar-refractivity contribution >= 4 is 11.5 Å². The van der Waals surface area contributed by atoms with E-state index in [-0.39, 0.29) is 17.4 Å². The molecule has 0 amide bonds. The third kappa shape index (κ3) is 2.83. The second-order valence-electron chi connectivity index (χ2n) is 2.88. The summed E-state index contributed by atoms with van der Waals surface area (Å²) in [5, 5.41) is 10.6. The summed E-state index contributed by atoms with van der Waals surface area (Å²) in [5.41, 5.74) is 2.03. The fourth-order valence-corrected chi connectivity index (χ4v) is 0.946. The Balaban J connectivity index is 3.05. The summed E-state index contributed by atoms with van der Waals surface area (Å²) in [4.78, 5) is 13.9. The number of nitrogens with one attached hydrogen (secondary N) is 1. The lowest BCUT2D eigenvalue weighted by Crippen LogP contribution is -2.13. The lowest BCUT2D eigenvalue weighted by Gasteiger charge is -2.08. The SMILES string of the molecule is C#CC(C)Oc1cc([N+](=O)[O-])cc(NN)n1. The highest BCUT2D eigenvalue weighted by Crippen LogP contribution is 2.22. The number of nitro groups is 1. The van der Waals surface area contributed by atoms with Gasteiger partial charge in [-0.1, -0.05) is 5.92 Å². The molecule has 1 atom stereocenters. The number of nitrogens with zero attached hydrogens (tertiary/aromatic N) is 2. The number of anilines is 1. The van der Waals surface area contributed by atoms with Gasteiger partial charge in [-0.15, -0.1) is 6.42 Å². The van der Waals surface area contributed by atoms with Crippen LogP contribution in [0.5, 0.6) is 5.88 Å².